The van der Waals surface area contributed by atoms with E-state index in [4.69, 9.17) is 9.47 Å². The van der Waals surface area contributed by atoms with Crippen LogP contribution in [0.25, 0.3) is 0 Å². The zero-order valence-corrected chi connectivity index (χ0v) is 14.1. The third-order valence-corrected chi connectivity index (χ3v) is 5.97. The molecule has 24 heavy (non-hydrogen) atoms. The quantitative estimate of drug-likeness (QED) is 0.901. The third-order valence-electron chi connectivity index (χ3n) is 4.42. The molecule has 0 aliphatic carbocycles. The lowest BCUT2D eigenvalue weighted by molar-refractivity contribution is 0.348. The molecule has 0 bridgehead atoms. The summed E-state index contributed by atoms with van der Waals surface area (Å²) < 4.78 is 39.7. The smallest absolute Gasteiger partial charge is 0.244 e. The van der Waals surface area contributed by atoms with Crippen molar-refractivity contribution in [1.29, 1.82) is 0 Å². The van der Waals surface area contributed by atoms with Crippen LogP contribution >= 0.6 is 0 Å². The van der Waals surface area contributed by atoms with Crippen molar-refractivity contribution in [3.05, 3.63) is 53.1 Å². The van der Waals surface area contributed by atoms with Crippen molar-refractivity contribution in [3.63, 3.8) is 0 Å². The topological polar surface area (TPSA) is 64.6 Å². The van der Waals surface area contributed by atoms with Gasteiger partial charge in [-0.1, -0.05) is 30.3 Å². The average Bonchev–Trinajstić information content (AvgIpc) is 3.21. The van der Waals surface area contributed by atoms with Crippen LogP contribution in [0.3, 0.4) is 0 Å². The van der Waals surface area contributed by atoms with Gasteiger partial charge < -0.3 is 9.47 Å². The second kappa shape index (κ2) is 6.11. The normalized spacial score (nSPS) is 15.5. The number of sulfonamides is 1. The summed E-state index contributed by atoms with van der Waals surface area (Å²) in [6.45, 7) is 1.39. The highest BCUT2D eigenvalue weighted by atomic mass is 32.2. The van der Waals surface area contributed by atoms with Crippen LogP contribution in [0.15, 0.2) is 41.3 Å². The number of hydrogen-bond acceptors (Lipinski definition) is 4. The number of hydrogen-bond donors (Lipinski definition) is 1. The van der Waals surface area contributed by atoms with Gasteiger partial charge in [0, 0.05) is 30.5 Å². The van der Waals surface area contributed by atoms with E-state index in [2.05, 4.69) is 4.72 Å². The van der Waals surface area contributed by atoms with Gasteiger partial charge in [0.2, 0.25) is 10.0 Å². The first-order chi connectivity index (χ1) is 11.6. The summed E-state index contributed by atoms with van der Waals surface area (Å²) in [5.41, 5.74) is 2.75. The van der Waals surface area contributed by atoms with Crippen LogP contribution in [0.1, 0.15) is 16.7 Å². The lowest BCUT2D eigenvalue weighted by Crippen LogP contribution is -2.27. The van der Waals surface area contributed by atoms with Crippen molar-refractivity contribution in [2.45, 2.75) is 24.2 Å². The molecule has 126 valence electrons. The monoisotopic (exact) mass is 345 g/mol. The van der Waals surface area contributed by atoms with Crippen molar-refractivity contribution in [1.82, 2.24) is 4.72 Å². The maximum absolute atomic E-state index is 12.9. The van der Waals surface area contributed by atoms with Gasteiger partial charge in [0.05, 0.1) is 13.2 Å². The van der Waals surface area contributed by atoms with E-state index in [0.717, 1.165) is 23.1 Å². The van der Waals surface area contributed by atoms with Crippen molar-refractivity contribution < 1.29 is 17.9 Å². The summed E-state index contributed by atoms with van der Waals surface area (Å²) in [5.74, 6) is 1.19. The Hall–Kier alpha value is -2.05. The van der Waals surface area contributed by atoms with Gasteiger partial charge in [-0.25, -0.2) is 13.1 Å². The van der Waals surface area contributed by atoms with Gasteiger partial charge in [-0.3, -0.25) is 0 Å². The number of fused-ring (bicyclic) bond motifs is 2. The molecule has 2 aliphatic heterocycles. The predicted molar refractivity (Wildman–Crippen MR) is 90.2 cm³/mol. The first kappa shape index (κ1) is 15.5. The van der Waals surface area contributed by atoms with Crippen molar-refractivity contribution in [2.75, 3.05) is 19.8 Å². The van der Waals surface area contributed by atoms with E-state index in [1.54, 1.807) is 0 Å². The standard InChI is InChI=1S/C18H19NO4S/c20-24(21,19-9-6-13-4-2-1-3-5-13)18-15-8-11-22-16(15)12-14-7-10-23-17(14)18/h1-5,12,19H,6-11H2. The molecule has 0 atom stereocenters. The molecule has 2 aliphatic rings. The number of benzene rings is 2. The fourth-order valence-corrected chi connectivity index (χ4v) is 4.75. The summed E-state index contributed by atoms with van der Waals surface area (Å²) in [7, 11) is -3.64. The number of nitrogens with one attached hydrogen (secondary N) is 1. The third kappa shape index (κ3) is 2.76. The molecule has 0 fully saturated rings. The molecule has 4 rings (SSSR count). The van der Waals surface area contributed by atoms with Crippen LogP contribution < -0.4 is 14.2 Å². The van der Waals surface area contributed by atoms with Crippen LogP contribution in [-0.4, -0.2) is 28.2 Å². The van der Waals surface area contributed by atoms with E-state index in [9.17, 15) is 8.42 Å². The molecule has 2 aromatic carbocycles. The van der Waals surface area contributed by atoms with Gasteiger partial charge in [-0.15, -0.1) is 0 Å². The van der Waals surface area contributed by atoms with Crippen molar-refractivity contribution in [3.8, 4) is 11.5 Å². The molecule has 2 aromatic rings. The van der Waals surface area contributed by atoms with E-state index in [1.165, 1.54) is 0 Å². The van der Waals surface area contributed by atoms with Gasteiger partial charge in [-0.05, 0) is 18.1 Å². The molecule has 0 saturated heterocycles. The minimum absolute atomic E-state index is 0.276. The number of rotatable bonds is 5. The zero-order valence-electron chi connectivity index (χ0n) is 13.2. The van der Waals surface area contributed by atoms with Crippen molar-refractivity contribution >= 4 is 10.0 Å². The van der Waals surface area contributed by atoms with Crippen LogP contribution in [-0.2, 0) is 29.3 Å². The fourth-order valence-electron chi connectivity index (χ4n) is 3.27. The highest BCUT2D eigenvalue weighted by molar-refractivity contribution is 7.89. The maximum atomic E-state index is 12.9. The minimum atomic E-state index is -3.64. The zero-order chi connectivity index (χ0) is 16.6. The van der Waals surface area contributed by atoms with E-state index >= 15 is 0 Å². The van der Waals surface area contributed by atoms with E-state index in [0.29, 0.717) is 44.1 Å². The van der Waals surface area contributed by atoms with Gasteiger partial charge in [0.15, 0.2) is 0 Å². The average molecular weight is 345 g/mol. The lowest BCUT2D eigenvalue weighted by Gasteiger charge is -2.14. The molecule has 0 unspecified atom stereocenters. The van der Waals surface area contributed by atoms with Gasteiger partial charge in [0.1, 0.15) is 16.4 Å². The Bertz CT molecular complexity index is 830. The number of ether oxygens (including phenoxy) is 2. The SMILES string of the molecule is O=S(=O)(NCCc1ccccc1)c1c2c(cc3c1OCC3)OCC2. The Labute approximate surface area is 141 Å². The Balaban J connectivity index is 1.61. The molecule has 0 aromatic heterocycles. The lowest BCUT2D eigenvalue weighted by atomic mass is 10.1. The highest BCUT2D eigenvalue weighted by Gasteiger charge is 2.33. The molecule has 0 amide bonds. The minimum Gasteiger partial charge on any atom is -0.493 e. The maximum Gasteiger partial charge on any atom is 0.244 e. The van der Waals surface area contributed by atoms with E-state index < -0.39 is 10.0 Å². The molecular formula is C18H19NO4S. The summed E-state index contributed by atoms with van der Waals surface area (Å²) in [6, 6.07) is 11.7. The molecule has 6 heteroatoms. The second-order valence-corrected chi connectivity index (χ2v) is 7.70. The fraction of sp³-hybridized carbons (Fsp3) is 0.333. The summed E-state index contributed by atoms with van der Waals surface area (Å²) in [4.78, 5) is 0.276. The van der Waals surface area contributed by atoms with Crippen LogP contribution in [0.2, 0.25) is 0 Å². The predicted octanol–water partition coefficient (Wildman–Crippen LogP) is 2.08. The Morgan fingerprint density at radius 2 is 1.83 bits per heavy atom. The van der Waals surface area contributed by atoms with Gasteiger partial charge >= 0.3 is 0 Å². The molecular weight excluding hydrogens is 326 g/mol. The van der Waals surface area contributed by atoms with Crippen LogP contribution in [0.5, 0.6) is 11.5 Å². The molecule has 5 nitrogen and oxygen atoms in total. The summed E-state index contributed by atoms with van der Waals surface area (Å²) in [5, 5.41) is 0. The Morgan fingerprint density at radius 3 is 2.67 bits per heavy atom. The van der Waals surface area contributed by atoms with E-state index in [1.807, 2.05) is 36.4 Å². The molecule has 0 radical (unpaired) electrons. The molecule has 2 heterocycles. The molecule has 0 saturated carbocycles. The van der Waals surface area contributed by atoms with Gasteiger partial charge in [0.25, 0.3) is 0 Å². The van der Waals surface area contributed by atoms with Crippen molar-refractivity contribution in [2.24, 2.45) is 0 Å². The molecule has 1 N–H and O–H groups in total. The highest BCUT2D eigenvalue weighted by Crippen LogP contribution is 2.42. The Morgan fingerprint density at radius 1 is 1.04 bits per heavy atom. The Kier molecular flexibility index (Phi) is 3.94. The summed E-state index contributed by atoms with van der Waals surface area (Å²) in [6.07, 6.45) is 1.97. The van der Waals surface area contributed by atoms with Gasteiger partial charge in [-0.2, -0.15) is 0 Å². The van der Waals surface area contributed by atoms with Crippen LogP contribution in [0, 0.1) is 0 Å². The second-order valence-electron chi connectivity index (χ2n) is 6.00. The first-order valence-corrected chi connectivity index (χ1v) is 9.61. The van der Waals surface area contributed by atoms with Crippen LogP contribution in [0.4, 0.5) is 0 Å². The van der Waals surface area contributed by atoms with E-state index in [-0.39, 0.29) is 4.90 Å². The first-order valence-electron chi connectivity index (χ1n) is 8.13. The molecule has 0 spiro atoms. The summed E-state index contributed by atoms with van der Waals surface area (Å²) >= 11 is 0. The largest absolute Gasteiger partial charge is 0.493 e.